The Bertz CT molecular complexity index is 926. The Kier molecular flexibility index (Phi) is 10.8. The highest BCUT2D eigenvalue weighted by Gasteiger charge is 2.26. The zero-order valence-corrected chi connectivity index (χ0v) is 23.6. The number of hydrogen-bond acceptors (Lipinski definition) is 5. The second kappa shape index (κ2) is 13.3. The van der Waals surface area contributed by atoms with E-state index in [-0.39, 0.29) is 11.7 Å². The molecule has 2 aliphatic rings. The normalized spacial score (nSPS) is 17.9. The van der Waals surface area contributed by atoms with Gasteiger partial charge in [0.25, 0.3) is 0 Å². The number of piperidine rings is 2. The van der Waals surface area contributed by atoms with Crippen molar-refractivity contribution in [3.8, 4) is 0 Å². The number of likely N-dealkylation sites (tertiary alicyclic amines) is 1. The van der Waals surface area contributed by atoms with Crippen LogP contribution >= 0.6 is 39.3 Å². The summed E-state index contributed by atoms with van der Waals surface area (Å²) >= 11 is 11.7. The maximum absolute atomic E-state index is 11.7. The van der Waals surface area contributed by atoms with Crippen LogP contribution in [0.3, 0.4) is 0 Å². The summed E-state index contributed by atoms with van der Waals surface area (Å²) in [6, 6.07) is 6.25. The maximum Gasteiger partial charge on any atom is 0.410 e. The van der Waals surface area contributed by atoms with Gasteiger partial charge in [0.05, 0.1) is 5.02 Å². The van der Waals surface area contributed by atoms with Gasteiger partial charge in [-0.1, -0.05) is 27.5 Å². The first kappa shape index (κ1) is 27.6. The Morgan fingerprint density at radius 3 is 2.53 bits per heavy atom. The van der Waals surface area contributed by atoms with Gasteiger partial charge in [0.2, 0.25) is 0 Å². The van der Waals surface area contributed by atoms with Crippen molar-refractivity contribution in [3.05, 3.63) is 35.6 Å². The van der Waals surface area contributed by atoms with E-state index in [0.717, 1.165) is 66.4 Å². The van der Waals surface area contributed by atoms with Gasteiger partial charge in [-0.15, -0.1) is 11.8 Å². The number of fused-ring (bicyclic) bond motifs is 1. The minimum absolute atomic E-state index is 0.171. The van der Waals surface area contributed by atoms with Crippen LogP contribution in [0.5, 0.6) is 0 Å². The van der Waals surface area contributed by atoms with Crippen molar-refractivity contribution in [1.82, 2.24) is 15.2 Å². The first-order valence-corrected chi connectivity index (χ1v) is 14.6. The van der Waals surface area contributed by atoms with Gasteiger partial charge in [-0.2, -0.15) is 0 Å². The molecule has 0 unspecified atom stereocenters. The number of hydrogen-bond donors (Lipinski definition) is 1. The molecule has 0 atom stereocenters. The molecule has 0 radical (unpaired) electrons. The average Bonchev–Trinajstić information content (AvgIpc) is 2.83. The molecule has 34 heavy (non-hydrogen) atoms. The van der Waals surface area contributed by atoms with E-state index >= 15 is 0 Å². The number of amides is 1. The van der Waals surface area contributed by atoms with Crippen molar-refractivity contribution in [1.29, 1.82) is 0 Å². The van der Waals surface area contributed by atoms with Crippen LogP contribution in [-0.4, -0.2) is 58.8 Å². The first-order chi connectivity index (χ1) is 16.2. The number of rotatable bonds is 4. The summed E-state index contributed by atoms with van der Waals surface area (Å²) in [5, 5.41) is 7.61. The van der Waals surface area contributed by atoms with Gasteiger partial charge in [-0.3, -0.25) is 4.98 Å². The van der Waals surface area contributed by atoms with E-state index in [4.69, 9.17) is 16.3 Å². The van der Waals surface area contributed by atoms with Crippen LogP contribution in [0.15, 0.2) is 35.5 Å². The molecule has 3 heterocycles. The second-order valence-corrected chi connectivity index (χ2v) is 12.2. The minimum atomic E-state index is -0.386. The summed E-state index contributed by atoms with van der Waals surface area (Å²) in [5.74, 6) is 2.69. The number of pyridine rings is 1. The Labute approximate surface area is 221 Å². The molecule has 4 rings (SSSR count). The molecule has 2 aliphatic heterocycles. The van der Waals surface area contributed by atoms with Crippen LogP contribution < -0.4 is 5.32 Å². The molecular formula is C26H37BrClN3O2S. The first-order valence-electron chi connectivity index (χ1n) is 12.2. The number of nitrogens with zero attached hydrogens (tertiary/aromatic N) is 2. The molecule has 0 aliphatic carbocycles. The van der Waals surface area contributed by atoms with Crippen molar-refractivity contribution in [2.75, 3.05) is 37.3 Å². The maximum atomic E-state index is 11.7. The highest BCUT2D eigenvalue weighted by atomic mass is 79.9. The molecule has 0 saturated carbocycles. The van der Waals surface area contributed by atoms with Crippen molar-refractivity contribution < 1.29 is 9.53 Å². The van der Waals surface area contributed by atoms with Crippen LogP contribution in [0, 0.1) is 11.8 Å². The number of aromatic nitrogens is 1. The fourth-order valence-corrected chi connectivity index (χ4v) is 6.19. The lowest BCUT2D eigenvalue weighted by molar-refractivity contribution is 0.0191. The monoisotopic (exact) mass is 569 g/mol. The Morgan fingerprint density at radius 2 is 1.88 bits per heavy atom. The van der Waals surface area contributed by atoms with Crippen LogP contribution in [0.25, 0.3) is 10.8 Å². The Hall–Kier alpha value is -1.02. The largest absolute Gasteiger partial charge is 0.444 e. The van der Waals surface area contributed by atoms with Gasteiger partial charge in [0.15, 0.2) is 0 Å². The van der Waals surface area contributed by atoms with E-state index in [2.05, 4.69) is 32.3 Å². The minimum Gasteiger partial charge on any atom is -0.444 e. The molecule has 2 fully saturated rings. The molecule has 5 nitrogen and oxygen atoms in total. The van der Waals surface area contributed by atoms with Crippen molar-refractivity contribution >= 4 is 56.2 Å². The van der Waals surface area contributed by atoms with Crippen molar-refractivity contribution in [2.45, 2.75) is 57.0 Å². The van der Waals surface area contributed by atoms with E-state index in [9.17, 15) is 4.79 Å². The molecule has 8 heteroatoms. The van der Waals surface area contributed by atoms with E-state index < -0.39 is 0 Å². The number of ether oxygens (including phenoxy) is 1. The van der Waals surface area contributed by atoms with E-state index in [0.29, 0.717) is 5.92 Å². The second-order valence-electron chi connectivity index (χ2n) is 10.1. The van der Waals surface area contributed by atoms with Gasteiger partial charge >= 0.3 is 6.09 Å². The standard InChI is InChI=1S/C15H17ClN2S.C11H20BrNO2/c16-14-7-13-9-18-6-3-12(13)8-15(14)19-10-11-1-4-17-5-2-11;1-11(2,3)15-10(14)13-6-4-9(8-12)5-7-13/h3,6-9,11,17H,1-2,4-5,10H2;9H,4-8H2,1-3H3. The fraction of sp³-hybridized carbons (Fsp3) is 0.615. The van der Waals surface area contributed by atoms with Gasteiger partial charge in [0.1, 0.15) is 5.60 Å². The molecule has 1 amide bonds. The van der Waals surface area contributed by atoms with Gasteiger partial charge in [0, 0.05) is 46.8 Å². The third-order valence-electron chi connectivity index (χ3n) is 6.11. The zero-order chi connectivity index (χ0) is 24.6. The summed E-state index contributed by atoms with van der Waals surface area (Å²) in [7, 11) is 0. The summed E-state index contributed by atoms with van der Waals surface area (Å²) < 4.78 is 5.32. The molecule has 2 aromatic rings. The highest BCUT2D eigenvalue weighted by Crippen LogP contribution is 2.33. The summed E-state index contributed by atoms with van der Waals surface area (Å²) in [4.78, 5) is 18.8. The fourth-order valence-electron chi connectivity index (χ4n) is 4.05. The molecule has 0 spiro atoms. The van der Waals surface area contributed by atoms with Crippen LogP contribution in [0.2, 0.25) is 5.02 Å². The van der Waals surface area contributed by atoms with E-state index in [1.807, 2.05) is 62.0 Å². The molecule has 1 aromatic heterocycles. The molecule has 0 bridgehead atoms. The topological polar surface area (TPSA) is 54.5 Å². The molecule has 1 aromatic carbocycles. The van der Waals surface area contributed by atoms with Gasteiger partial charge < -0.3 is 15.0 Å². The summed E-state index contributed by atoms with van der Waals surface area (Å²) in [6.45, 7) is 9.66. The Balaban J connectivity index is 0.000000197. The molecule has 2 saturated heterocycles. The van der Waals surface area contributed by atoms with Crippen LogP contribution in [0.4, 0.5) is 4.79 Å². The number of carbonyl (C=O) groups is 1. The van der Waals surface area contributed by atoms with E-state index in [1.54, 1.807) is 0 Å². The third-order valence-corrected chi connectivity index (χ3v) is 8.74. The number of benzene rings is 1. The third kappa shape index (κ3) is 8.89. The number of alkyl halides is 1. The zero-order valence-electron chi connectivity index (χ0n) is 20.5. The predicted molar refractivity (Wildman–Crippen MR) is 147 cm³/mol. The molecular weight excluding hydrogens is 534 g/mol. The Morgan fingerprint density at radius 1 is 1.18 bits per heavy atom. The average molecular weight is 571 g/mol. The highest BCUT2D eigenvalue weighted by molar-refractivity contribution is 9.09. The SMILES string of the molecule is CC(C)(C)OC(=O)N1CCC(CBr)CC1.Clc1cc2cnccc2cc1SCC1CCNCC1. The van der Waals surface area contributed by atoms with Crippen LogP contribution in [-0.2, 0) is 4.74 Å². The lowest BCUT2D eigenvalue weighted by Gasteiger charge is -2.32. The van der Waals surface area contributed by atoms with Gasteiger partial charge in [-0.05, 0) is 95.0 Å². The van der Waals surface area contributed by atoms with Gasteiger partial charge in [-0.25, -0.2) is 4.79 Å². The number of thioether (sulfide) groups is 1. The van der Waals surface area contributed by atoms with Crippen molar-refractivity contribution in [2.24, 2.45) is 11.8 Å². The number of nitrogens with one attached hydrogen (secondary N) is 1. The smallest absolute Gasteiger partial charge is 0.410 e. The quantitative estimate of drug-likeness (QED) is 0.317. The predicted octanol–water partition coefficient (Wildman–Crippen LogP) is 7.01. The van der Waals surface area contributed by atoms with E-state index in [1.165, 1.54) is 23.1 Å². The summed E-state index contributed by atoms with van der Waals surface area (Å²) in [6.07, 6.45) is 8.23. The number of carbonyl (C=O) groups excluding carboxylic acids is 1. The number of halogens is 2. The molecule has 188 valence electrons. The van der Waals surface area contributed by atoms with Crippen LogP contribution in [0.1, 0.15) is 46.5 Å². The molecule has 1 N–H and O–H groups in total. The lowest BCUT2D eigenvalue weighted by atomic mass is 10.00. The lowest BCUT2D eigenvalue weighted by Crippen LogP contribution is -2.41. The summed E-state index contributed by atoms with van der Waals surface area (Å²) in [5.41, 5.74) is -0.386. The van der Waals surface area contributed by atoms with Crippen molar-refractivity contribution in [3.63, 3.8) is 0 Å².